The van der Waals surface area contributed by atoms with Crippen LogP contribution in [0.5, 0.6) is 5.75 Å². The minimum atomic E-state index is -3.83. The van der Waals surface area contributed by atoms with Crippen molar-refractivity contribution in [3.05, 3.63) is 59.9 Å². The van der Waals surface area contributed by atoms with Crippen LogP contribution in [0, 0.1) is 5.92 Å². The van der Waals surface area contributed by atoms with Crippen LogP contribution in [0.25, 0.3) is 5.57 Å². The number of ether oxygens (including phenoxy) is 1. The number of sulfonamides is 1. The lowest BCUT2D eigenvalue weighted by molar-refractivity contribution is 0.0733. The number of nitrogens with zero attached hydrogens (tertiary/aromatic N) is 3. The summed E-state index contributed by atoms with van der Waals surface area (Å²) in [4.78, 5) is 6.56. The van der Waals surface area contributed by atoms with E-state index in [9.17, 15) is 13.5 Å². The standard InChI is InChI=1S/C27H37N3O4S/c1-20-16-30(21(2)19-31)35(32,33)27-12-11-24(23-9-5-4-6-10-23)14-25(27)34-26(20)18-29(3)17-22-8-7-13-28-15-22/h7-9,11-15,20-21,26,31H,4-6,10,16-19H2,1-3H3/t20-,21+,26+/m1/s1. The van der Waals surface area contributed by atoms with Crippen molar-refractivity contribution in [2.75, 3.05) is 26.7 Å². The Morgan fingerprint density at radius 3 is 2.80 bits per heavy atom. The van der Waals surface area contributed by atoms with Gasteiger partial charge in [-0.1, -0.05) is 25.1 Å². The van der Waals surface area contributed by atoms with Gasteiger partial charge in [-0.3, -0.25) is 9.88 Å². The summed E-state index contributed by atoms with van der Waals surface area (Å²) in [5, 5.41) is 9.85. The molecule has 3 atom stereocenters. The lowest BCUT2D eigenvalue weighted by Gasteiger charge is -2.37. The molecule has 2 heterocycles. The fourth-order valence-corrected chi connectivity index (χ4v) is 6.74. The van der Waals surface area contributed by atoms with Gasteiger partial charge in [0, 0.05) is 44.0 Å². The molecule has 1 N–H and O–H groups in total. The summed E-state index contributed by atoms with van der Waals surface area (Å²) in [5.41, 5.74) is 3.38. The molecule has 2 aliphatic rings. The first kappa shape index (κ1) is 25.8. The summed E-state index contributed by atoms with van der Waals surface area (Å²) in [7, 11) is -1.79. The quantitative estimate of drug-likeness (QED) is 0.621. The molecular weight excluding hydrogens is 462 g/mol. The highest BCUT2D eigenvalue weighted by atomic mass is 32.2. The predicted molar refractivity (Wildman–Crippen MR) is 137 cm³/mol. The lowest BCUT2D eigenvalue weighted by Crippen LogP contribution is -2.49. The Hall–Kier alpha value is -2.26. The Bertz CT molecular complexity index is 1140. The summed E-state index contributed by atoms with van der Waals surface area (Å²) in [6.45, 7) is 5.16. The van der Waals surface area contributed by atoms with E-state index in [0.29, 0.717) is 12.3 Å². The highest BCUT2D eigenvalue weighted by Crippen LogP contribution is 2.37. The van der Waals surface area contributed by atoms with Crippen LogP contribution in [-0.4, -0.2) is 66.6 Å². The number of aliphatic hydroxyl groups excluding tert-OH is 1. The molecule has 1 aromatic heterocycles. The molecule has 1 aromatic carbocycles. The summed E-state index contributed by atoms with van der Waals surface area (Å²) in [5.74, 6) is 0.316. The second kappa shape index (κ2) is 11.2. The van der Waals surface area contributed by atoms with Crippen LogP contribution in [0.3, 0.4) is 0 Å². The van der Waals surface area contributed by atoms with Crippen LogP contribution in [0.2, 0.25) is 0 Å². The Kier molecular flexibility index (Phi) is 8.27. The van der Waals surface area contributed by atoms with E-state index in [2.05, 4.69) is 16.0 Å². The highest BCUT2D eigenvalue weighted by molar-refractivity contribution is 7.89. The number of benzene rings is 1. The van der Waals surface area contributed by atoms with Gasteiger partial charge in [-0.25, -0.2) is 8.42 Å². The minimum absolute atomic E-state index is 0.0826. The SMILES string of the molecule is C[C@@H]1CN([C@@H](C)CO)S(=O)(=O)c2ccc(C3=CCCCC3)cc2O[C@H]1CN(C)Cc1cccnc1. The first-order valence-corrected chi connectivity index (χ1v) is 13.9. The second-order valence-electron chi connectivity index (χ2n) is 9.93. The molecule has 0 saturated carbocycles. The maximum absolute atomic E-state index is 13.7. The number of fused-ring (bicyclic) bond motifs is 1. The third kappa shape index (κ3) is 5.94. The zero-order valence-corrected chi connectivity index (χ0v) is 21.7. The second-order valence-corrected chi connectivity index (χ2v) is 11.8. The number of hydrogen-bond acceptors (Lipinski definition) is 6. The van der Waals surface area contributed by atoms with E-state index < -0.39 is 16.1 Å². The van der Waals surface area contributed by atoms with Gasteiger partial charge in [-0.2, -0.15) is 4.31 Å². The van der Waals surface area contributed by atoms with Crippen molar-refractivity contribution in [3.8, 4) is 5.75 Å². The van der Waals surface area contributed by atoms with Gasteiger partial charge in [-0.15, -0.1) is 0 Å². The molecule has 0 amide bonds. The normalized spacial score (nSPS) is 23.5. The van der Waals surface area contributed by atoms with Gasteiger partial charge in [0.15, 0.2) is 0 Å². The largest absolute Gasteiger partial charge is 0.487 e. The van der Waals surface area contributed by atoms with Gasteiger partial charge >= 0.3 is 0 Å². The van der Waals surface area contributed by atoms with Crippen molar-refractivity contribution in [3.63, 3.8) is 0 Å². The minimum Gasteiger partial charge on any atom is -0.487 e. The van der Waals surface area contributed by atoms with E-state index >= 15 is 0 Å². The fourth-order valence-electron chi connectivity index (χ4n) is 4.92. The third-order valence-corrected chi connectivity index (χ3v) is 9.02. The first-order chi connectivity index (χ1) is 16.8. The van der Waals surface area contributed by atoms with E-state index in [0.717, 1.165) is 36.9 Å². The molecule has 8 heteroatoms. The molecule has 0 unspecified atom stereocenters. The molecule has 1 aliphatic carbocycles. The van der Waals surface area contributed by atoms with Crippen LogP contribution in [-0.2, 0) is 16.6 Å². The molecule has 0 spiro atoms. The average Bonchev–Trinajstić information content (AvgIpc) is 2.86. The summed E-state index contributed by atoms with van der Waals surface area (Å²) in [6, 6.07) is 8.92. The number of hydrogen-bond donors (Lipinski definition) is 1. The topological polar surface area (TPSA) is 83.0 Å². The van der Waals surface area contributed by atoms with Crippen molar-refractivity contribution in [2.24, 2.45) is 5.92 Å². The summed E-state index contributed by atoms with van der Waals surface area (Å²) < 4.78 is 35.3. The Labute approximate surface area is 209 Å². The number of rotatable bonds is 7. The predicted octanol–water partition coefficient (Wildman–Crippen LogP) is 3.94. The number of aliphatic hydroxyl groups is 1. The van der Waals surface area contributed by atoms with E-state index in [-0.39, 0.29) is 30.1 Å². The van der Waals surface area contributed by atoms with Crippen LogP contribution in [0.4, 0.5) is 0 Å². The Morgan fingerprint density at radius 1 is 1.29 bits per heavy atom. The van der Waals surface area contributed by atoms with Crippen molar-refractivity contribution < 1.29 is 18.3 Å². The van der Waals surface area contributed by atoms with Crippen LogP contribution < -0.4 is 4.74 Å². The van der Waals surface area contributed by atoms with E-state index in [1.165, 1.54) is 16.3 Å². The Balaban J connectivity index is 1.69. The van der Waals surface area contributed by atoms with E-state index in [1.54, 1.807) is 19.2 Å². The lowest BCUT2D eigenvalue weighted by atomic mass is 9.93. The maximum Gasteiger partial charge on any atom is 0.247 e. The molecule has 0 bridgehead atoms. The zero-order chi connectivity index (χ0) is 25.0. The number of likely N-dealkylation sites (N-methyl/N-ethyl adjacent to an activating group) is 1. The van der Waals surface area contributed by atoms with Gasteiger partial charge in [0.05, 0.1) is 6.61 Å². The maximum atomic E-state index is 13.7. The van der Waals surface area contributed by atoms with Crippen LogP contribution >= 0.6 is 0 Å². The van der Waals surface area contributed by atoms with Crippen molar-refractivity contribution >= 4 is 15.6 Å². The number of aromatic nitrogens is 1. The zero-order valence-electron chi connectivity index (χ0n) is 20.9. The monoisotopic (exact) mass is 499 g/mol. The van der Waals surface area contributed by atoms with Crippen molar-refractivity contribution in [1.82, 2.24) is 14.2 Å². The van der Waals surface area contributed by atoms with Crippen molar-refractivity contribution in [2.45, 2.75) is 63.1 Å². The van der Waals surface area contributed by atoms with Gasteiger partial charge in [0.1, 0.15) is 16.7 Å². The average molecular weight is 500 g/mol. The molecule has 0 radical (unpaired) electrons. The third-order valence-electron chi connectivity index (χ3n) is 7.00. The number of pyridine rings is 1. The van der Waals surface area contributed by atoms with E-state index in [4.69, 9.17) is 4.74 Å². The molecule has 190 valence electrons. The van der Waals surface area contributed by atoms with Crippen molar-refractivity contribution in [1.29, 1.82) is 0 Å². The molecule has 0 saturated heterocycles. The molecule has 4 rings (SSSR count). The molecule has 7 nitrogen and oxygen atoms in total. The van der Waals surface area contributed by atoms with Gasteiger partial charge < -0.3 is 9.84 Å². The van der Waals surface area contributed by atoms with Crippen LogP contribution in [0.15, 0.2) is 53.7 Å². The summed E-state index contributed by atoms with van der Waals surface area (Å²) >= 11 is 0. The molecular formula is C27H37N3O4S. The van der Waals surface area contributed by atoms with E-state index in [1.807, 2.05) is 44.4 Å². The summed E-state index contributed by atoms with van der Waals surface area (Å²) in [6.07, 6.45) is 10.0. The van der Waals surface area contributed by atoms with Crippen LogP contribution in [0.1, 0.15) is 50.7 Å². The first-order valence-electron chi connectivity index (χ1n) is 12.5. The fraction of sp³-hybridized carbons (Fsp3) is 0.519. The highest BCUT2D eigenvalue weighted by Gasteiger charge is 2.38. The van der Waals surface area contributed by atoms with Gasteiger partial charge in [0.2, 0.25) is 10.0 Å². The molecule has 1 aliphatic heterocycles. The molecule has 2 aromatic rings. The molecule has 0 fully saturated rings. The molecule has 35 heavy (non-hydrogen) atoms. The smallest absolute Gasteiger partial charge is 0.247 e. The van der Waals surface area contributed by atoms with Gasteiger partial charge in [0.25, 0.3) is 0 Å². The Morgan fingerprint density at radius 2 is 2.11 bits per heavy atom. The van der Waals surface area contributed by atoms with Gasteiger partial charge in [-0.05, 0) is 74.6 Å². The number of allylic oxidation sites excluding steroid dienone is 2.